The Balaban J connectivity index is 1.95. The Hall–Kier alpha value is -1.84. The fourth-order valence-corrected chi connectivity index (χ4v) is 1.19. The van der Waals surface area contributed by atoms with E-state index in [0.29, 0.717) is 0 Å². The predicted molar refractivity (Wildman–Crippen MR) is 54.9 cm³/mol. The SMILES string of the molecule is Cc1cnc(NCc2cccnc2)[nH]1. The van der Waals surface area contributed by atoms with Crippen molar-refractivity contribution in [3.8, 4) is 0 Å². The van der Waals surface area contributed by atoms with Gasteiger partial charge in [0.25, 0.3) is 0 Å². The molecule has 0 bridgehead atoms. The van der Waals surface area contributed by atoms with Gasteiger partial charge in [0.2, 0.25) is 5.95 Å². The standard InChI is InChI=1S/C10H12N4/c1-8-5-12-10(14-8)13-7-9-3-2-4-11-6-9/h2-6H,7H2,1H3,(H2,12,13,14). The maximum absolute atomic E-state index is 4.14. The predicted octanol–water partition coefficient (Wildman–Crippen LogP) is 1.73. The summed E-state index contributed by atoms with van der Waals surface area (Å²) in [5, 5.41) is 3.18. The molecule has 0 aliphatic heterocycles. The molecule has 2 aromatic rings. The van der Waals surface area contributed by atoms with Crippen LogP contribution >= 0.6 is 0 Å². The first-order valence-electron chi connectivity index (χ1n) is 4.49. The van der Waals surface area contributed by atoms with Crippen LogP contribution in [0.15, 0.2) is 30.7 Å². The van der Waals surface area contributed by atoms with Gasteiger partial charge >= 0.3 is 0 Å². The monoisotopic (exact) mass is 188 g/mol. The van der Waals surface area contributed by atoms with Crippen LogP contribution in [0.3, 0.4) is 0 Å². The van der Waals surface area contributed by atoms with Gasteiger partial charge in [-0.3, -0.25) is 4.98 Å². The lowest BCUT2D eigenvalue weighted by molar-refractivity contribution is 1.07. The van der Waals surface area contributed by atoms with Crippen LogP contribution in [0.2, 0.25) is 0 Å². The Bertz CT molecular complexity index is 394. The summed E-state index contributed by atoms with van der Waals surface area (Å²) < 4.78 is 0. The van der Waals surface area contributed by atoms with Gasteiger partial charge in [-0.1, -0.05) is 6.07 Å². The second-order valence-electron chi connectivity index (χ2n) is 3.13. The third-order valence-corrected chi connectivity index (χ3v) is 1.89. The van der Waals surface area contributed by atoms with Gasteiger partial charge in [-0.15, -0.1) is 0 Å². The molecule has 0 aromatic carbocycles. The average molecular weight is 188 g/mol. The van der Waals surface area contributed by atoms with Crippen molar-refractivity contribution in [2.45, 2.75) is 13.5 Å². The highest BCUT2D eigenvalue weighted by Gasteiger charge is 1.96. The molecule has 0 aliphatic carbocycles. The van der Waals surface area contributed by atoms with E-state index in [4.69, 9.17) is 0 Å². The largest absolute Gasteiger partial charge is 0.352 e. The molecule has 72 valence electrons. The topological polar surface area (TPSA) is 53.6 Å². The van der Waals surface area contributed by atoms with E-state index in [1.54, 1.807) is 12.4 Å². The minimum absolute atomic E-state index is 0.737. The zero-order valence-corrected chi connectivity index (χ0v) is 7.99. The fraction of sp³-hybridized carbons (Fsp3) is 0.200. The minimum atomic E-state index is 0.737. The second-order valence-corrected chi connectivity index (χ2v) is 3.13. The Morgan fingerprint density at radius 3 is 3.00 bits per heavy atom. The molecule has 2 aromatic heterocycles. The number of aryl methyl sites for hydroxylation is 1. The maximum atomic E-state index is 4.14. The van der Waals surface area contributed by atoms with Crippen molar-refractivity contribution >= 4 is 5.95 Å². The van der Waals surface area contributed by atoms with Gasteiger partial charge in [0, 0.05) is 30.8 Å². The number of H-pyrrole nitrogens is 1. The highest BCUT2D eigenvalue weighted by molar-refractivity contribution is 5.27. The molecule has 0 aliphatic rings. The first-order chi connectivity index (χ1) is 6.84. The number of imidazole rings is 1. The summed E-state index contributed by atoms with van der Waals surface area (Å²) in [6, 6.07) is 3.94. The Morgan fingerprint density at radius 2 is 2.36 bits per heavy atom. The van der Waals surface area contributed by atoms with Crippen molar-refractivity contribution in [3.63, 3.8) is 0 Å². The van der Waals surface area contributed by atoms with Crippen LogP contribution < -0.4 is 5.32 Å². The number of hydrogen-bond acceptors (Lipinski definition) is 3. The first kappa shape index (κ1) is 8.74. The molecule has 0 fully saturated rings. The van der Waals surface area contributed by atoms with Crippen molar-refractivity contribution in [2.24, 2.45) is 0 Å². The van der Waals surface area contributed by atoms with E-state index >= 15 is 0 Å². The van der Waals surface area contributed by atoms with Crippen molar-refractivity contribution in [2.75, 3.05) is 5.32 Å². The summed E-state index contributed by atoms with van der Waals surface area (Å²) in [6.07, 6.45) is 5.40. The number of hydrogen-bond donors (Lipinski definition) is 2. The average Bonchev–Trinajstić information content (AvgIpc) is 2.63. The van der Waals surface area contributed by atoms with E-state index in [1.807, 2.05) is 25.3 Å². The Labute approximate surface area is 82.4 Å². The summed E-state index contributed by atoms with van der Waals surface area (Å²) >= 11 is 0. The van der Waals surface area contributed by atoms with Crippen molar-refractivity contribution in [3.05, 3.63) is 42.0 Å². The molecule has 2 rings (SSSR count). The highest BCUT2D eigenvalue weighted by Crippen LogP contribution is 2.03. The van der Waals surface area contributed by atoms with Crippen LogP contribution in [0.5, 0.6) is 0 Å². The molecule has 2 heterocycles. The van der Waals surface area contributed by atoms with Gasteiger partial charge in [0.1, 0.15) is 0 Å². The van der Waals surface area contributed by atoms with E-state index in [1.165, 1.54) is 0 Å². The van der Waals surface area contributed by atoms with E-state index < -0.39 is 0 Å². The Kier molecular flexibility index (Phi) is 2.44. The van der Waals surface area contributed by atoms with Crippen LogP contribution in [0.4, 0.5) is 5.95 Å². The van der Waals surface area contributed by atoms with Crippen molar-refractivity contribution in [1.82, 2.24) is 15.0 Å². The number of aromatic nitrogens is 3. The molecule has 0 spiro atoms. The summed E-state index contributed by atoms with van der Waals surface area (Å²) in [7, 11) is 0. The van der Waals surface area contributed by atoms with Crippen LogP contribution in [-0.4, -0.2) is 15.0 Å². The summed E-state index contributed by atoms with van der Waals surface area (Å²) in [4.78, 5) is 11.3. The number of anilines is 1. The molecular formula is C10H12N4. The summed E-state index contributed by atoms with van der Waals surface area (Å²) in [6.45, 7) is 2.71. The molecule has 4 nitrogen and oxygen atoms in total. The Morgan fingerprint density at radius 1 is 1.43 bits per heavy atom. The molecule has 0 unspecified atom stereocenters. The van der Waals surface area contributed by atoms with Gasteiger partial charge in [-0.05, 0) is 18.6 Å². The normalized spacial score (nSPS) is 10.1. The number of nitrogens with one attached hydrogen (secondary N) is 2. The lowest BCUT2D eigenvalue weighted by Gasteiger charge is -2.01. The van der Waals surface area contributed by atoms with Crippen molar-refractivity contribution in [1.29, 1.82) is 0 Å². The van der Waals surface area contributed by atoms with Crippen molar-refractivity contribution < 1.29 is 0 Å². The molecular weight excluding hydrogens is 176 g/mol. The quantitative estimate of drug-likeness (QED) is 0.771. The number of aromatic amines is 1. The van der Waals surface area contributed by atoms with Gasteiger partial charge in [-0.2, -0.15) is 0 Å². The number of nitrogens with zero attached hydrogens (tertiary/aromatic N) is 2. The van der Waals surface area contributed by atoms with Crippen LogP contribution in [0, 0.1) is 6.92 Å². The third-order valence-electron chi connectivity index (χ3n) is 1.89. The summed E-state index contributed by atoms with van der Waals surface area (Å²) in [5.41, 5.74) is 2.19. The summed E-state index contributed by atoms with van der Waals surface area (Å²) in [5.74, 6) is 0.798. The van der Waals surface area contributed by atoms with E-state index in [-0.39, 0.29) is 0 Å². The number of pyridine rings is 1. The van der Waals surface area contributed by atoms with Crippen LogP contribution in [0.1, 0.15) is 11.3 Å². The second kappa shape index (κ2) is 3.91. The van der Waals surface area contributed by atoms with E-state index in [9.17, 15) is 0 Å². The van der Waals surface area contributed by atoms with Gasteiger partial charge in [0.05, 0.1) is 0 Å². The van der Waals surface area contributed by atoms with Crippen LogP contribution in [0.25, 0.3) is 0 Å². The fourth-order valence-electron chi connectivity index (χ4n) is 1.19. The zero-order valence-electron chi connectivity index (χ0n) is 7.99. The van der Waals surface area contributed by atoms with Crippen LogP contribution in [-0.2, 0) is 6.54 Å². The smallest absolute Gasteiger partial charge is 0.200 e. The molecule has 0 radical (unpaired) electrons. The molecule has 0 atom stereocenters. The van der Waals surface area contributed by atoms with Gasteiger partial charge < -0.3 is 10.3 Å². The highest BCUT2D eigenvalue weighted by atomic mass is 15.1. The molecule has 14 heavy (non-hydrogen) atoms. The van der Waals surface area contributed by atoms with E-state index in [0.717, 1.165) is 23.8 Å². The molecule has 4 heteroatoms. The zero-order chi connectivity index (χ0) is 9.80. The molecule has 0 saturated heterocycles. The third kappa shape index (κ3) is 2.10. The molecule has 2 N–H and O–H groups in total. The lowest BCUT2D eigenvalue weighted by Crippen LogP contribution is -2.00. The van der Waals surface area contributed by atoms with Gasteiger partial charge in [-0.25, -0.2) is 4.98 Å². The maximum Gasteiger partial charge on any atom is 0.200 e. The molecule has 0 saturated carbocycles. The van der Waals surface area contributed by atoms with E-state index in [2.05, 4.69) is 20.3 Å². The number of rotatable bonds is 3. The lowest BCUT2D eigenvalue weighted by atomic mass is 10.3. The van der Waals surface area contributed by atoms with Gasteiger partial charge in [0.15, 0.2) is 0 Å². The molecule has 0 amide bonds. The minimum Gasteiger partial charge on any atom is -0.352 e. The first-order valence-corrected chi connectivity index (χ1v) is 4.49.